The molecule has 0 aliphatic heterocycles. The third-order valence-corrected chi connectivity index (χ3v) is 9.10. The largest absolute Gasteiger partial charge is 0.354 e. The second-order valence-electron chi connectivity index (χ2n) is 9.40. The zero-order chi connectivity index (χ0) is 29.3. The van der Waals surface area contributed by atoms with Crippen LogP contribution in [0.2, 0.25) is 10.0 Å². The monoisotopic (exact) mass is 603 g/mol. The number of amides is 2. The Kier molecular flexibility index (Phi) is 11.4. The third-order valence-electron chi connectivity index (χ3n) is 6.59. The van der Waals surface area contributed by atoms with E-state index in [1.54, 1.807) is 55.5 Å². The highest BCUT2D eigenvalue weighted by atomic mass is 35.5. The Bertz CT molecular complexity index is 1420. The van der Waals surface area contributed by atoms with Crippen molar-refractivity contribution in [3.05, 3.63) is 94.0 Å². The summed E-state index contributed by atoms with van der Waals surface area (Å²) in [7, 11) is -4.12. The lowest BCUT2D eigenvalue weighted by Gasteiger charge is -2.32. The number of hydrogen-bond donors (Lipinski definition) is 1. The first kappa shape index (κ1) is 31.5. The van der Waals surface area contributed by atoms with Gasteiger partial charge in [0, 0.05) is 13.1 Å². The van der Waals surface area contributed by atoms with Crippen LogP contribution in [0.1, 0.15) is 44.7 Å². The van der Waals surface area contributed by atoms with Crippen molar-refractivity contribution in [3.63, 3.8) is 0 Å². The summed E-state index contributed by atoms with van der Waals surface area (Å²) in [6.07, 6.45) is 2.27. The number of nitrogens with one attached hydrogen (secondary N) is 1. The smallest absolute Gasteiger partial charge is 0.264 e. The van der Waals surface area contributed by atoms with Gasteiger partial charge in [-0.05, 0) is 61.2 Å². The van der Waals surface area contributed by atoms with E-state index in [-0.39, 0.29) is 17.3 Å². The first-order valence-electron chi connectivity index (χ1n) is 13.3. The zero-order valence-corrected chi connectivity index (χ0v) is 25.3. The Balaban J connectivity index is 2.04. The molecule has 0 spiro atoms. The molecule has 0 aromatic heterocycles. The Morgan fingerprint density at radius 3 is 2.25 bits per heavy atom. The van der Waals surface area contributed by atoms with Crippen molar-refractivity contribution in [1.29, 1.82) is 0 Å². The molecule has 3 aromatic carbocycles. The van der Waals surface area contributed by atoms with E-state index < -0.39 is 28.5 Å². The van der Waals surface area contributed by atoms with Crippen molar-refractivity contribution in [3.8, 4) is 0 Å². The molecule has 10 heteroatoms. The van der Waals surface area contributed by atoms with Crippen molar-refractivity contribution >= 4 is 50.7 Å². The molecule has 40 heavy (non-hydrogen) atoms. The molecule has 0 radical (unpaired) electrons. The SMILES string of the molecule is CCCCNC(=O)[C@@H](C)N(Cc1ccc(Cl)c(Cl)c1)C(=O)CN(c1ccccc1CC)S(=O)(=O)c1ccccc1. The molecule has 0 fully saturated rings. The molecule has 0 aliphatic carbocycles. The molecule has 3 rings (SSSR count). The summed E-state index contributed by atoms with van der Waals surface area (Å²) >= 11 is 12.3. The number of para-hydroxylation sites is 1. The van der Waals surface area contributed by atoms with E-state index in [0.29, 0.717) is 34.3 Å². The van der Waals surface area contributed by atoms with Crippen LogP contribution in [0.4, 0.5) is 5.69 Å². The number of hydrogen-bond acceptors (Lipinski definition) is 4. The predicted molar refractivity (Wildman–Crippen MR) is 161 cm³/mol. The highest BCUT2D eigenvalue weighted by molar-refractivity contribution is 7.92. The van der Waals surface area contributed by atoms with E-state index in [0.717, 1.165) is 22.7 Å². The minimum Gasteiger partial charge on any atom is -0.354 e. The van der Waals surface area contributed by atoms with Gasteiger partial charge in [0.1, 0.15) is 12.6 Å². The molecule has 3 aromatic rings. The molecule has 0 heterocycles. The van der Waals surface area contributed by atoms with E-state index in [2.05, 4.69) is 5.32 Å². The van der Waals surface area contributed by atoms with Gasteiger partial charge in [0.2, 0.25) is 11.8 Å². The van der Waals surface area contributed by atoms with Crippen LogP contribution < -0.4 is 9.62 Å². The maximum absolute atomic E-state index is 14.0. The number of carbonyl (C=O) groups is 2. The number of halogens is 2. The van der Waals surface area contributed by atoms with Crippen LogP contribution in [-0.2, 0) is 32.6 Å². The molecule has 7 nitrogen and oxygen atoms in total. The van der Waals surface area contributed by atoms with Crippen LogP contribution in [0, 0.1) is 0 Å². The minimum atomic E-state index is -4.12. The van der Waals surface area contributed by atoms with Crippen LogP contribution in [0.5, 0.6) is 0 Å². The van der Waals surface area contributed by atoms with E-state index in [9.17, 15) is 18.0 Å². The number of sulfonamides is 1. The Hall–Kier alpha value is -3.07. The molecule has 214 valence electrons. The van der Waals surface area contributed by atoms with Gasteiger partial charge in [0.25, 0.3) is 10.0 Å². The predicted octanol–water partition coefficient (Wildman–Crippen LogP) is 6.08. The average Bonchev–Trinajstić information content (AvgIpc) is 2.96. The van der Waals surface area contributed by atoms with Crippen molar-refractivity contribution in [2.75, 3.05) is 17.4 Å². The van der Waals surface area contributed by atoms with E-state index in [1.807, 2.05) is 26.0 Å². The first-order chi connectivity index (χ1) is 19.1. The topological polar surface area (TPSA) is 86.8 Å². The quantitative estimate of drug-likeness (QED) is 0.240. The minimum absolute atomic E-state index is 0.0345. The fraction of sp³-hybridized carbons (Fsp3) is 0.333. The molecule has 2 amide bonds. The normalized spacial score (nSPS) is 12.0. The van der Waals surface area contributed by atoms with Crippen molar-refractivity contribution in [2.24, 2.45) is 0 Å². The number of carbonyl (C=O) groups excluding carboxylic acids is 2. The summed E-state index contributed by atoms with van der Waals surface area (Å²) in [6.45, 7) is 5.59. The second kappa shape index (κ2) is 14.5. The van der Waals surface area contributed by atoms with Gasteiger partial charge >= 0.3 is 0 Å². The highest BCUT2D eigenvalue weighted by Crippen LogP contribution is 2.29. The van der Waals surface area contributed by atoms with Crippen molar-refractivity contribution in [2.45, 2.75) is 57.5 Å². The molecule has 1 atom stereocenters. The summed E-state index contributed by atoms with van der Waals surface area (Å²) in [5, 5.41) is 3.55. The Morgan fingerprint density at radius 1 is 0.925 bits per heavy atom. The maximum atomic E-state index is 14.0. The number of rotatable bonds is 13. The fourth-order valence-electron chi connectivity index (χ4n) is 4.24. The number of benzene rings is 3. The molecule has 0 saturated heterocycles. The lowest BCUT2D eigenvalue weighted by molar-refractivity contribution is -0.139. The second-order valence-corrected chi connectivity index (χ2v) is 12.1. The van der Waals surface area contributed by atoms with Gasteiger partial charge in [-0.25, -0.2) is 8.42 Å². The number of anilines is 1. The van der Waals surface area contributed by atoms with Gasteiger partial charge in [-0.2, -0.15) is 0 Å². The summed E-state index contributed by atoms with van der Waals surface area (Å²) in [6, 6.07) is 19.2. The highest BCUT2D eigenvalue weighted by Gasteiger charge is 2.33. The lowest BCUT2D eigenvalue weighted by Crippen LogP contribution is -2.51. The summed E-state index contributed by atoms with van der Waals surface area (Å²) in [5.41, 5.74) is 1.84. The van der Waals surface area contributed by atoms with Crippen LogP contribution >= 0.6 is 23.2 Å². The van der Waals surface area contributed by atoms with Gasteiger partial charge in [0.05, 0.1) is 20.6 Å². The molecule has 0 aliphatic rings. The summed E-state index contributed by atoms with van der Waals surface area (Å²) in [4.78, 5) is 28.5. The first-order valence-corrected chi connectivity index (χ1v) is 15.5. The molecule has 0 unspecified atom stereocenters. The number of nitrogens with zero attached hydrogens (tertiary/aromatic N) is 2. The van der Waals surface area contributed by atoms with Gasteiger partial charge < -0.3 is 10.2 Å². The summed E-state index contributed by atoms with van der Waals surface area (Å²) < 4.78 is 29.0. The fourth-order valence-corrected chi connectivity index (χ4v) is 6.03. The Morgan fingerprint density at radius 2 is 1.60 bits per heavy atom. The van der Waals surface area contributed by atoms with Gasteiger partial charge in [0.15, 0.2) is 0 Å². The average molecular weight is 605 g/mol. The molecule has 1 N–H and O–H groups in total. The van der Waals surface area contributed by atoms with Gasteiger partial charge in [-0.1, -0.05) is 85.9 Å². The number of aryl methyl sites for hydroxylation is 1. The molecule has 0 saturated carbocycles. The van der Waals surface area contributed by atoms with Gasteiger partial charge in [-0.3, -0.25) is 13.9 Å². The molecular formula is C30H35Cl2N3O4S. The third kappa shape index (κ3) is 7.77. The standard InChI is InChI=1S/C30H35Cl2N3O4S/c1-4-6-18-33-30(37)22(3)34(20-23-16-17-26(31)27(32)19-23)29(36)21-35(28-15-11-10-12-24(28)5-2)40(38,39)25-13-8-7-9-14-25/h7-17,19,22H,4-6,18,20-21H2,1-3H3,(H,33,37)/t22-/m1/s1. The maximum Gasteiger partial charge on any atom is 0.264 e. The molecular weight excluding hydrogens is 569 g/mol. The Labute approximate surface area is 247 Å². The van der Waals surface area contributed by atoms with E-state index >= 15 is 0 Å². The van der Waals surface area contributed by atoms with Crippen LogP contribution in [-0.4, -0.2) is 44.3 Å². The van der Waals surface area contributed by atoms with Crippen LogP contribution in [0.3, 0.4) is 0 Å². The van der Waals surface area contributed by atoms with Crippen molar-refractivity contribution in [1.82, 2.24) is 10.2 Å². The van der Waals surface area contributed by atoms with Crippen molar-refractivity contribution < 1.29 is 18.0 Å². The van der Waals surface area contributed by atoms with Crippen LogP contribution in [0.15, 0.2) is 77.7 Å². The lowest BCUT2D eigenvalue weighted by atomic mass is 10.1. The number of unbranched alkanes of at least 4 members (excludes halogenated alkanes) is 1. The van der Waals surface area contributed by atoms with E-state index in [1.165, 1.54) is 17.0 Å². The zero-order valence-electron chi connectivity index (χ0n) is 22.9. The molecule has 0 bridgehead atoms. The van der Waals surface area contributed by atoms with Crippen LogP contribution in [0.25, 0.3) is 0 Å². The summed E-state index contributed by atoms with van der Waals surface area (Å²) in [5.74, 6) is -0.858. The van der Waals surface area contributed by atoms with Gasteiger partial charge in [-0.15, -0.1) is 0 Å². The van der Waals surface area contributed by atoms with E-state index in [4.69, 9.17) is 23.2 Å².